The van der Waals surface area contributed by atoms with Crippen LogP contribution in [-0.4, -0.2) is 81.1 Å². The fraction of sp³-hybridized carbons (Fsp3) is 0.600. The molecule has 1 amide bonds. The van der Waals surface area contributed by atoms with E-state index in [4.69, 9.17) is 4.99 Å². The van der Waals surface area contributed by atoms with Gasteiger partial charge in [0.05, 0.1) is 6.54 Å². The lowest BCUT2D eigenvalue weighted by atomic mass is 9.90. The minimum absolute atomic E-state index is 0.0781. The molecule has 1 saturated heterocycles. The van der Waals surface area contributed by atoms with Crippen LogP contribution in [0, 0.1) is 0 Å². The van der Waals surface area contributed by atoms with Crippen LogP contribution in [0.25, 0.3) is 0 Å². The minimum Gasteiger partial charge on any atom is -0.357 e. The highest BCUT2D eigenvalue weighted by atomic mass is 16.1. The van der Waals surface area contributed by atoms with Gasteiger partial charge in [0.25, 0.3) is 0 Å². The Balaban J connectivity index is 1.62. The Morgan fingerprint density at radius 2 is 2.07 bits per heavy atom. The SMILES string of the molecule is CCNC(=NCC1CN(C)CCN1C)NCC1CC(=O)Nc2ccccc21. The summed E-state index contributed by atoms with van der Waals surface area (Å²) in [5, 5.41) is 9.73. The number of nitrogens with zero attached hydrogens (tertiary/aromatic N) is 3. The number of guanidine groups is 1. The zero-order chi connectivity index (χ0) is 19.2. The van der Waals surface area contributed by atoms with Crippen molar-refractivity contribution in [1.82, 2.24) is 20.4 Å². The molecule has 0 aliphatic carbocycles. The molecule has 1 fully saturated rings. The summed E-state index contributed by atoms with van der Waals surface area (Å²) in [5.74, 6) is 1.05. The first-order valence-electron chi connectivity index (χ1n) is 9.86. The Morgan fingerprint density at radius 3 is 2.89 bits per heavy atom. The highest BCUT2D eigenvalue weighted by Gasteiger charge is 2.25. The van der Waals surface area contributed by atoms with E-state index in [0.29, 0.717) is 19.0 Å². The van der Waals surface area contributed by atoms with Crippen LogP contribution in [0.5, 0.6) is 0 Å². The quantitative estimate of drug-likeness (QED) is 0.529. The summed E-state index contributed by atoms with van der Waals surface area (Å²) in [5.41, 5.74) is 2.11. The second-order valence-electron chi connectivity index (χ2n) is 7.53. The molecule has 3 N–H and O–H groups in total. The third-order valence-electron chi connectivity index (χ3n) is 5.41. The monoisotopic (exact) mass is 372 g/mol. The highest BCUT2D eigenvalue weighted by molar-refractivity contribution is 5.94. The van der Waals surface area contributed by atoms with Crippen LogP contribution in [-0.2, 0) is 4.79 Å². The van der Waals surface area contributed by atoms with Gasteiger partial charge in [0, 0.05) is 56.8 Å². The van der Waals surface area contributed by atoms with E-state index in [1.54, 1.807) is 0 Å². The predicted octanol–water partition coefficient (Wildman–Crippen LogP) is 0.913. The molecule has 2 aliphatic rings. The number of anilines is 1. The third-order valence-corrected chi connectivity index (χ3v) is 5.41. The zero-order valence-electron chi connectivity index (χ0n) is 16.7. The van der Waals surface area contributed by atoms with Gasteiger partial charge < -0.3 is 20.9 Å². The van der Waals surface area contributed by atoms with E-state index >= 15 is 0 Å². The summed E-state index contributed by atoms with van der Waals surface area (Å²) >= 11 is 0. The number of amides is 1. The molecule has 0 spiro atoms. The fourth-order valence-corrected chi connectivity index (χ4v) is 3.74. The van der Waals surface area contributed by atoms with Crippen molar-refractivity contribution in [3.05, 3.63) is 29.8 Å². The van der Waals surface area contributed by atoms with Crippen molar-refractivity contribution in [2.45, 2.75) is 25.3 Å². The van der Waals surface area contributed by atoms with Crippen LogP contribution >= 0.6 is 0 Å². The van der Waals surface area contributed by atoms with Crippen LogP contribution in [0.3, 0.4) is 0 Å². The minimum atomic E-state index is 0.0781. The number of hydrogen-bond donors (Lipinski definition) is 3. The van der Waals surface area contributed by atoms with E-state index in [9.17, 15) is 4.79 Å². The molecule has 0 bridgehead atoms. The van der Waals surface area contributed by atoms with Crippen molar-refractivity contribution in [2.24, 2.45) is 4.99 Å². The number of likely N-dealkylation sites (N-methyl/N-ethyl adjacent to an activating group) is 2. The third kappa shape index (κ3) is 5.20. The smallest absolute Gasteiger partial charge is 0.225 e. The number of rotatable bonds is 5. The van der Waals surface area contributed by atoms with Crippen molar-refractivity contribution in [2.75, 3.05) is 58.7 Å². The van der Waals surface area contributed by atoms with Crippen LogP contribution in [0.2, 0.25) is 0 Å². The van der Waals surface area contributed by atoms with Crippen molar-refractivity contribution in [1.29, 1.82) is 0 Å². The molecule has 0 aromatic heterocycles. The topological polar surface area (TPSA) is 72.0 Å². The molecule has 1 aromatic carbocycles. The maximum atomic E-state index is 12.0. The van der Waals surface area contributed by atoms with Gasteiger partial charge in [-0.2, -0.15) is 0 Å². The standard InChI is InChI=1S/C20H32N6O/c1-4-21-20(23-13-16-14-25(2)9-10-26(16)3)22-12-15-11-19(27)24-18-8-6-5-7-17(15)18/h5-8,15-16H,4,9-14H2,1-3H3,(H,24,27)(H2,21,22,23). The largest absolute Gasteiger partial charge is 0.357 e. The molecule has 2 unspecified atom stereocenters. The van der Waals surface area contributed by atoms with E-state index in [1.165, 1.54) is 5.56 Å². The van der Waals surface area contributed by atoms with Gasteiger partial charge in [-0.1, -0.05) is 18.2 Å². The summed E-state index contributed by atoms with van der Waals surface area (Å²) in [6, 6.07) is 8.47. The summed E-state index contributed by atoms with van der Waals surface area (Å²) in [6.45, 7) is 7.56. The van der Waals surface area contributed by atoms with Gasteiger partial charge in [0.15, 0.2) is 5.96 Å². The maximum Gasteiger partial charge on any atom is 0.225 e. The van der Waals surface area contributed by atoms with Crippen molar-refractivity contribution >= 4 is 17.6 Å². The lowest BCUT2D eigenvalue weighted by molar-refractivity contribution is -0.116. The van der Waals surface area contributed by atoms with Crippen LogP contribution < -0.4 is 16.0 Å². The molecule has 3 rings (SSSR count). The first-order chi connectivity index (χ1) is 13.1. The molecule has 2 aliphatic heterocycles. The Bertz CT molecular complexity index is 676. The van der Waals surface area contributed by atoms with Gasteiger partial charge >= 0.3 is 0 Å². The number of hydrogen-bond acceptors (Lipinski definition) is 4. The van der Waals surface area contributed by atoms with Crippen molar-refractivity contribution in [3.8, 4) is 0 Å². The molecule has 148 valence electrons. The van der Waals surface area contributed by atoms with Gasteiger partial charge in [-0.15, -0.1) is 0 Å². The molecular weight excluding hydrogens is 340 g/mol. The predicted molar refractivity (Wildman–Crippen MR) is 110 cm³/mol. The van der Waals surface area contributed by atoms with Gasteiger partial charge in [-0.25, -0.2) is 0 Å². The van der Waals surface area contributed by atoms with E-state index in [1.807, 2.05) is 18.2 Å². The van der Waals surface area contributed by atoms with Crippen LogP contribution in [0.15, 0.2) is 29.3 Å². The van der Waals surface area contributed by atoms with Gasteiger partial charge in [0.2, 0.25) is 5.91 Å². The van der Waals surface area contributed by atoms with Crippen molar-refractivity contribution < 1.29 is 4.79 Å². The zero-order valence-corrected chi connectivity index (χ0v) is 16.7. The lowest BCUT2D eigenvalue weighted by Crippen LogP contribution is -2.51. The Kier molecular flexibility index (Phi) is 6.68. The molecule has 0 saturated carbocycles. The van der Waals surface area contributed by atoms with Gasteiger partial charge in [-0.3, -0.25) is 14.7 Å². The molecule has 27 heavy (non-hydrogen) atoms. The molecule has 0 radical (unpaired) electrons. The van der Waals surface area contributed by atoms with Crippen LogP contribution in [0.4, 0.5) is 5.69 Å². The number of aliphatic imine (C=N–C) groups is 1. The first kappa shape index (κ1) is 19.6. The van der Waals surface area contributed by atoms with E-state index < -0.39 is 0 Å². The lowest BCUT2D eigenvalue weighted by Gasteiger charge is -2.37. The van der Waals surface area contributed by atoms with Crippen LogP contribution in [0.1, 0.15) is 24.8 Å². The maximum absolute atomic E-state index is 12.0. The van der Waals surface area contributed by atoms with E-state index in [-0.39, 0.29) is 11.8 Å². The number of benzene rings is 1. The van der Waals surface area contributed by atoms with Gasteiger partial charge in [-0.05, 0) is 32.6 Å². The Labute approximate surface area is 162 Å². The summed E-state index contributed by atoms with van der Waals surface area (Å²) in [6.07, 6.45) is 0.500. The molecule has 2 atom stereocenters. The molecule has 7 heteroatoms. The number of fused-ring (bicyclic) bond motifs is 1. The fourth-order valence-electron chi connectivity index (χ4n) is 3.74. The second kappa shape index (κ2) is 9.19. The number of carbonyl (C=O) groups excluding carboxylic acids is 1. The average Bonchev–Trinajstić information content (AvgIpc) is 2.66. The average molecular weight is 373 g/mol. The highest BCUT2D eigenvalue weighted by Crippen LogP contribution is 2.31. The van der Waals surface area contributed by atoms with E-state index in [2.05, 4.69) is 52.8 Å². The Morgan fingerprint density at radius 1 is 1.26 bits per heavy atom. The van der Waals surface area contributed by atoms with E-state index in [0.717, 1.165) is 44.4 Å². The second-order valence-corrected chi connectivity index (χ2v) is 7.53. The summed E-state index contributed by atoms with van der Waals surface area (Å²) in [7, 11) is 4.34. The molecule has 2 heterocycles. The van der Waals surface area contributed by atoms with Gasteiger partial charge in [0.1, 0.15) is 0 Å². The Hall–Kier alpha value is -2.12. The molecule has 1 aromatic rings. The molecule has 7 nitrogen and oxygen atoms in total. The number of nitrogens with one attached hydrogen (secondary N) is 3. The normalized spacial score (nSPS) is 24.3. The number of carbonyl (C=O) groups is 1. The number of piperazine rings is 1. The van der Waals surface area contributed by atoms with Crippen molar-refractivity contribution in [3.63, 3.8) is 0 Å². The molecular formula is C20H32N6O. The summed E-state index contributed by atoms with van der Waals surface area (Å²) < 4.78 is 0. The first-order valence-corrected chi connectivity index (χ1v) is 9.86. The number of para-hydroxylation sites is 1. The summed E-state index contributed by atoms with van der Waals surface area (Å²) in [4.78, 5) is 21.6.